The van der Waals surface area contributed by atoms with Gasteiger partial charge >= 0.3 is 0 Å². The van der Waals surface area contributed by atoms with E-state index >= 15 is 0 Å². The Kier molecular flexibility index (Phi) is 6.17. The summed E-state index contributed by atoms with van der Waals surface area (Å²) in [4.78, 5) is 24.0. The summed E-state index contributed by atoms with van der Waals surface area (Å²) in [5, 5.41) is 9.56. The average Bonchev–Trinajstić information content (AvgIpc) is 3.29. The van der Waals surface area contributed by atoms with Gasteiger partial charge in [0.2, 0.25) is 5.91 Å². The maximum atomic E-state index is 13.3. The Bertz CT molecular complexity index is 1110. The van der Waals surface area contributed by atoms with Crippen molar-refractivity contribution in [2.45, 2.75) is 19.8 Å². The highest BCUT2D eigenvalue weighted by Gasteiger charge is 2.31. The average molecular weight is 466 g/mol. The quantitative estimate of drug-likeness (QED) is 0.589. The van der Waals surface area contributed by atoms with Crippen LogP contribution in [0, 0.1) is 12.8 Å². The molecule has 2 fully saturated rings. The second-order valence-electron chi connectivity index (χ2n) is 8.67. The second-order valence-corrected chi connectivity index (χ2v) is 9.11. The largest absolute Gasteiger partial charge is 0.368 e. The van der Waals surface area contributed by atoms with Gasteiger partial charge in [0.15, 0.2) is 11.6 Å². The minimum Gasteiger partial charge on any atom is -0.368 e. The molecule has 3 aromatic rings. The van der Waals surface area contributed by atoms with Gasteiger partial charge in [-0.05, 0) is 50.1 Å². The van der Waals surface area contributed by atoms with Crippen LogP contribution in [0.3, 0.4) is 0 Å². The van der Waals surface area contributed by atoms with Crippen molar-refractivity contribution in [3.05, 3.63) is 59.6 Å². The fourth-order valence-corrected chi connectivity index (χ4v) is 4.92. The molecular weight excluding hydrogens is 438 g/mol. The summed E-state index contributed by atoms with van der Waals surface area (Å²) in [6.45, 7) is 6.63. The molecule has 0 aliphatic carbocycles. The number of nitrogens with zero attached hydrogens (tertiary/aromatic N) is 7. The third-order valence-electron chi connectivity index (χ3n) is 6.57. The van der Waals surface area contributed by atoms with Crippen LogP contribution in [0.25, 0.3) is 5.82 Å². The Balaban J connectivity index is 1.19. The number of piperidine rings is 1. The molecule has 0 radical (unpaired) electrons. The van der Waals surface area contributed by atoms with E-state index in [-0.39, 0.29) is 11.8 Å². The highest BCUT2D eigenvalue weighted by molar-refractivity contribution is 6.30. The summed E-state index contributed by atoms with van der Waals surface area (Å²) in [7, 11) is 0. The number of hydrogen-bond donors (Lipinski definition) is 0. The van der Waals surface area contributed by atoms with Crippen LogP contribution in [0.15, 0.2) is 48.8 Å². The van der Waals surface area contributed by atoms with Crippen molar-refractivity contribution in [1.82, 2.24) is 24.6 Å². The first-order valence-electron chi connectivity index (χ1n) is 11.5. The molecule has 172 valence electrons. The lowest BCUT2D eigenvalue weighted by Crippen LogP contribution is -2.52. The monoisotopic (exact) mass is 465 g/mol. The Labute approximate surface area is 198 Å². The number of carbonyl (C=O) groups is 1. The Morgan fingerprint density at radius 2 is 1.79 bits per heavy atom. The molecular formula is C24H28ClN7O. The molecule has 2 aliphatic rings. The zero-order valence-corrected chi connectivity index (χ0v) is 19.5. The van der Waals surface area contributed by atoms with Crippen LogP contribution >= 0.6 is 11.6 Å². The van der Waals surface area contributed by atoms with Gasteiger partial charge in [0.05, 0.1) is 5.92 Å². The number of carbonyl (C=O) groups excluding carboxylic acids is 1. The van der Waals surface area contributed by atoms with Crippen molar-refractivity contribution in [3.8, 4) is 5.82 Å². The van der Waals surface area contributed by atoms with E-state index in [9.17, 15) is 4.79 Å². The van der Waals surface area contributed by atoms with Crippen LogP contribution in [0.5, 0.6) is 0 Å². The number of anilines is 2. The molecule has 1 unspecified atom stereocenters. The number of hydrogen-bond acceptors (Lipinski definition) is 6. The van der Waals surface area contributed by atoms with Crippen molar-refractivity contribution >= 4 is 29.0 Å². The molecule has 33 heavy (non-hydrogen) atoms. The van der Waals surface area contributed by atoms with E-state index in [4.69, 9.17) is 11.6 Å². The maximum Gasteiger partial charge on any atom is 0.227 e. The van der Waals surface area contributed by atoms with Gasteiger partial charge in [0, 0.05) is 62.4 Å². The molecule has 0 bridgehead atoms. The topological polar surface area (TPSA) is 70.4 Å². The van der Waals surface area contributed by atoms with Gasteiger partial charge in [0.25, 0.3) is 0 Å². The first-order chi connectivity index (χ1) is 16.1. The summed E-state index contributed by atoms with van der Waals surface area (Å²) >= 11 is 6.14. The van der Waals surface area contributed by atoms with E-state index in [1.165, 1.54) is 0 Å². The SMILES string of the molecule is Cc1nccn1-c1ccc(N2CCCC(C(=O)N3CCN(c4cccc(Cl)c4)CC3)C2)nn1. The minimum absolute atomic E-state index is 0.00570. The highest BCUT2D eigenvalue weighted by atomic mass is 35.5. The van der Waals surface area contributed by atoms with Crippen LogP contribution in [0.2, 0.25) is 5.02 Å². The Morgan fingerprint density at radius 1 is 1.00 bits per heavy atom. The van der Waals surface area contributed by atoms with E-state index in [1.54, 1.807) is 6.20 Å². The smallest absolute Gasteiger partial charge is 0.227 e. The van der Waals surface area contributed by atoms with Gasteiger partial charge in [0.1, 0.15) is 5.82 Å². The van der Waals surface area contributed by atoms with Gasteiger partial charge in [-0.3, -0.25) is 9.36 Å². The predicted molar refractivity (Wildman–Crippen MR) is 129 cm³/mol. The number of piperazine rings is 1. The number of benzene rings is 1. The summed E-state index contributed by atoms with van der Waals surface area (Å²) in [6.07, 6.45) is 5.52. The molecule has 1 amide bonds. The Morgan fingerprint density at radius 3 is 2.48 bits per heavy atom. The zero-order chi connectivity index (χ0) is 22.8. The molecule has 2 aliphatic heterocycles. The lowest BCUT2D eigenvalue weighted by Gasteiger charge is -2.40. The van der Waals surface area contributed by atoms with Gasteiger partial charge in [-0.25, -0.2) is 4.98 Å². The molecule has 0 N–H and O–H groups in total. The molecule has 4 heterocycles. The zero-order valence-electron chi connectivity index (χ0n) is 18.8. The van der Waals surface area contributed by atoms with Gasteiger partial charge in [-0.2, -0.15) is 0 Å². The first-order valence-corrected chi connectivity index (χ1v) is 11.8. The molecule has 1 atom stereocenters. The molecule has 0 spiro atoms. The van der Waals surface area contributed by atoms with Crippen molar-refractivity contribution in [1.29, 1.82) is 0 Å². The molecule has 5 rings (SSSR count). The summed E-state index contributed by atoms with van der Waals surface area (Å²) in [5.41, 5.74) is 1.12. The number of imidazole rings is 1. The normalized spacial score (nSPS) is 19.1. The van der Waals surface area contributed by atoms with Gasteiger partial charge in [-0.1, -0.05) is 17.7 Å². The number of amides is 1. The third kappa shape index (κ3) is 4.66. The first kappa shape index (κ1) is 21.7. The van der Waals surface area contributed by atoms with Crippen molar-refractivity contribution in [2.75, 3.05) is 49.1 Å². The fraction of sp³-hybridized carbons (Fsp3) is 0.417. The summed E-state index contributed by atoms with van der Waals surface area (Å²) < 4.78 is 1.91. The van der Waals surface area contributed by atoms with E-state index in [0.717, 1.165) is 73.7 Å². The van der Waals surface area contributed by atoms with Crippen molar-refractivity contribution in [3.63, 3.8) is 0 Å². The summed E-state index contributed by atoms with van der Waals surface area (Å²) in [6, 6.07) is 11.9. The summed E-state index contributed by atoms with van der Waals surface area (Å²) in [5.74, 6) is 2.68. The maximum absolute atomic E-state index is 13.3. The molecule has 8 nitrogen and oxygen atoms in total. The van der Waals surface area contributed by atoms with Crippen molar-refractivity contribution in [2.24, 2.45) is 5.92 Å². The van der Waals surface area contributed by atoms with E-state index < -0.39 is 0 Å². The van der Waals surface area contributed by atoms with E-state index in [1.807, 2.05) is 52.9 Å². The van der Waals surface area contributed by atoms with Crippen LogP contribution in [0.4, 0.5) is 11.5 Å². The lowest BCUT2D eigenvalue weighted by atomic mass is 9.96. The highest BCUT2D eigenvalue weighted by Crippen LogP contribution is 2.25. The molecule has 2 aromatic heterocycles. The minimum atomic E-state index is -0.00570. The third-order valence-corrected chi connectivity index (χ3v) is 6.80. The molecule has 1 aromatic carbocycles. The van der Waals surface area contributed by atoms with Crippen LogP contribution in [0.1, 0.15) is 18.7 Å². The lowest BCUT2D eigenvalue weighted by molar-refractivity contribution is -0.136. The van der Waals surface area contributed by atoms with Crippen LogP contribution in [-0.4, -0.2) is 69.8 Å². The molecule has 2 saturated heterocycles. The molecule has 0 saturated carbocycles. The van der Waals surface area contributed by atoms with Gasteiger partial charge in [-0.15, -0.1) is 10.2 Å². The Hall–Kier alpha value is -3.13. The van der Waals surface area contributed by atoms with Crippen LogP contribution in [-0.2, 0) is 4.79 Å². The number of aryl methyl sites for hydroxylation is 1. The predicted octanol–water partition coefficient (Wildman–Crippen LogP) is 3.19. The van der Waals surface area contributed by atoms with Crippen LogP contribution < -0.4 is 9.80 Å². The fourth-order valence-electron chi connectivity index (χ4n) is 4.74. The number of halogens is 1. The number of aromatic nitrogens is 4. The van der Waals surface area contributed by atoms with Gasteiger partial charge < -0.3 is 14.7 Å². The van der Waals surface area contributed by atoms with Crippen molar-refractivity contribution < 1.29 is 4.79 Å². The van der Waals surface area contributed by atoms with E-state index in [0.29, 0.717) is 6.54 Å². The second kappa shape index (κ2) is 9.39. The molecule has 9 heteroatoms. The number of rotatable bonds is 4. The standard InChI is InChI=1S/C24H28ClN7O/c1-18-26-9-11-32(18)23-8-7-22(27-28-23)31-10-3-4-19(17-31)24(33)30-14-12-29(13-15-30)21-6-2-5-20(25)16-21/h2,5-9,11,16,19H,3-4,10,12-15,17H2,1H3. The van der Waals surface area contributed by atoms with E-state index in [2.05, 4.69) is 31.0 Å².